The molecule has 13 nitrogen and oxygen atoms in total. The average Bonchev–Trinajstić information content (AvgIpc) is 3.77. The third-order valence-electron chi connectivity index (χ3n) is 8.10. The Balaban J connectivity index is 1.47. The van der Waals surface area contributed by atoms with Gasteiger partial charge in [-0.05, 0) is 95.7 Å². The van der Waals surface area contributed by atoms with Crippen LogP contribution in [0.4, 0.5) is 17.1 Å². The summed E-state index contributed by atoms with van der Waals surface area (Å²) >= 11 is 6.20. The molecule has 1 aliphatic heterocycles. The summed E-state index contributed by atoms with van der Waals surface area (Å²) in [7, 11) is -1.89. The molecule has 1 unspecified atom stereocenters. The largest absolute Gasteiger partial charge is 0.491 e. The normalized spacial score (nSPS) is 10.6. The van der Waals surface area contributed by atoms with Crippen LogP contribution in [-0.4, -0.2) is 48.1 Å². The summed E-state index contributed by atoms with van der Waals surface area (Å²) in [5.74, 6) is 35.3. The molecule has 3 aromatic carbocycles. The standard InChI is InChI=1S/C46H26ClN5O8S/c1-4-5-6-7-8-9-10-11-12-13-14-15-16-17-18-23-32-60-40-29-28-35(61(57,58)49-37-26-21-20-25-36(37)47)33-38(40)48-42(53)41(52-44(55)45(59-3)50(2)46(52)56)43(54)51-31-30-34-24-19-22-27-39(34)51/h1,19-22,24-29,33,41,49,55H,30-31H2,2-3H3,(H,48,53). The van der Waals surface area contributed by atoms with Gasteiger partial charge in [0.2, 0.25) is 0 Å². The number of fused-ring (bicyclic) bond motifs is 1. The zero-order valence-electron chi connectivity index (χ0n) is 31.9. The fourth-order valence-electron chi connectivity index (χ4n) is 5.47. The van der Waals surface area contributed by atoms with E-state index in [1.165, 1.54) is 43.3 Å². The Morgan fingerprint density at radius 1 is 0.836 bits per heavy atom. The Bertz CT molecular complexity index is 3210. The second kappa shape index (κ2) is 20.5. The zero-order chi connectivity index (χ0) is 43.8. The predicted molar refractivity (Wildman–Crippen MR) is 228 cm³/mol. The van der Waals surface area contributed by atoms with E-state index in [1.807, 2.05) is 6.07 Å². The molecule has 0 saturated heterocycles. The first-order valence-corrected chi connectivity index (χ1v) is 19.1. The molecule has 0 radical (unpaired) electrons. The molecule has 0 bridgehead atoms. The summed E-state index contributed by atoms with van der Waals surface area (Å²) in [5.41, 5.74) is 0.138. The van der Waals surface area contributed by atoms with Gasteiger partial charge < -0.3 is 24.8 Å². The highest BCUT2D eigenvalue weighted by molar-refractivity contribution is 7.92. The molecule has 3 N–H and O–H groups in total. The lowest BCUT2D eigenvalue weighted by molar-refractivity contribution is -0.130. The number of sulfonamides is 1. The SMILES string of the molecule is C#CC#CC#CC#CC#CC#CC#CC#CC#COc1ccc(S(=O)(=O)Nc2ccccc2Cl)cc1NC(=O)C(C(=O)N1CCc2ccccc21)n1c(O)c(OC)n(C)c1=O. The number of rotatable bonds is 9. The van der Waals surface area contributed by atoms with Gasteiger partial charge in [0.15, 0.2) is 11.8 Å². The highest BCUT2D eigenvalue weighted by atomic mass is 35.5. The van der Waals surface area contributed by atoms with E-state index >= 15 is 0 Å². The van der Waals surface area contributed by atoms with Crippen molar-refractivity contribution in [3.8, 4) is 125 Å². The average molecular weight is 844 g/mol. The van der Waals surface area contributed by atoms with Crippen LogP contribution in [0.5, 0.6) is 17.5 Å². The molecular formula is C46H26ClN5O8S. The van der Waals surface area contributed by atoms with Gasteiger partial charge in [-0.3, -0.25) is 18.9 Å². The minimum absolute atomic E-state index is 0.0743. The van der Waals surface area contributed by atoms with E-state index in [0.717, 1.165) is 16.2 Å². The lowest BCUT2D eigenvalue weighted by Gasteiger charge is -2.24. The summed E-state index contributed by atoms with van der Waals surface area (Å²) in [6.07, 6.45) is 7.76. The number of aromatic hydroxyl groups is 1. The second-order valence-electron chi connectivity index (χ2n) is 11.8. The number of nitrogens with one attached hydrogen (secondary N) is 2. The molecule has 0 saturated carbocycles. The molecule has 4 aromatic rings. The Kier molecular flexibility index (Phi) is 14.5. The molecule has 5 rings (SSSR count). The van der Waals surface area contributed by atoms with Gasteiger partial charge in [0.1, 0.15) is 6.11 Å². The fraction of sp³-hybridized carbons (Fsp3) is 0.109. The molecule has 2 heterocycles. The van der Waals surface area contributed by atoms with Crippen LogP contribution in [-0.2, 0) is 33.1 Å². The number of anilines is 3. The molecular weight excluding hydrogens is 818 g/mol. The van der Waals surface area contributed by atoms with E-state index in [1.54, 1.807) is 30.3 Å². The molecule has 0 fully saturated rings. The summed E-state index contributed by atoms with van der Waals surface area (Å²) in [4.78, 5) is 43.2. The van der Waals surface area contributed by atoms with Crippen molar-refractivity contribution in [2.75, 3.05) is 28.6 Å². The number of benzene rings is 3. The van der Waals surface area contributed by atoms with Gasteiger partial charge in [0.25, 0.3) is 33.6 Å². The van der Waals surface area contributed by atoms with Crippen molar-refractivity contribution in [2.45, 2.75) is 17.4 Å². The van der Waals surface area contributed by atoms with Crippen LogP contribution in [0.2, 0.25) is 5.02 Å². The van der Waals surface area contributed by atoms with Gasteiger partial charge in [-0.25, -0.2) is 17.8 Å². The quantitative estimate of drug-likeness (QED) is 0.171. The van der Waals surface area contributed by atoms with E-state index < -0.39 is 39.4 Å². The van der Waals surface area contributed by atoms with Crippen molar-refractivity contribution in [1.82, 2.24) is 9.13 Å². The molecule has 15 heteroatoms. The number of para-hydroxylation sites is 2. The smallest absolute Gasteiger partial charge is 0.334 e. The van der Waals surface area contributed by atoms with Gasteiger partial charge in [-0.1, -0.05) is 41.9 Å². The highest BCUT2D eigenvalue weighted by Crippen LogP contribution is 2.35. The number of halogens is 1. The summed E-state index contributed by atoms with van der Waals surface area (Å²) in [5, 5.41) is 13.7. The lowest BCUT2D eigenvalue weighted by Crippen LogP contribution is -2.45. The maximum Gasteiger partial charge on any atom is 0.334 e. The van der Waals surface area contributed by atoms with Gasteiger partial charge in [0, 0.05) is 66.6 Å². The van der Waals surface area contributed by atoms with Crippen LogP contribution < -0.4 is 30.1 Å². The minimum Gasteiger partial charge on any atom is -0.491 e. The number of ether oxygens (including phenoxy) is 2. The Labute approximate surface area is 356 Å². The van der Waals surface area contributed by atoms with E-state index in [0.29, 0.717) is 16.7 Å². The molecule has 0 aliphatic carbocycles. The third-order valence-corrected chi connectivity index (χ3v) is 9.79. The van der Waals surface area contributed by atoms with E-state index in [2.05, 4.69) is 111 Å². The minimum atomic E-state index is -4.36. The first-order chi connectivity index (χ1) is 29.5. The Morgan fingerprint density at radius 2 is 1.43 bits per heavy atom. The van der Waals surface area contributed by atoms with Crippen molar-refractivity contribution < 1.29 is 32.6 Å². The number of terminal acetylenes is 1. The van der Waals surface area contributed by atoms with Gasteiger partial charge >= 0.3 is 5.69 Å². The molecule has 0 spiro atoms. The number of hydrogen-bond donors (Lipinski definition) is 3. The van der Waals surface area contributed by atoms with Crippen molar-refractivity contribution in [3.63, 3.8) is 0 Å². The predicted octanol–water partition coefficient (Wildman–Crippen LogP) is 3.12. The number of amides is 2. The monoisotopic (exact) mass is 843 g/mol. The highest BCUT2D eigenvalue weighted by Gasteiger charge is 2.40. The summed E-state index contributed by atoms with van der Waals surface area (Å²) in [6.45, 7) is 0.163. The molecule has 1 atom stereocenters. The fourth-order valence-corrected chi connectivity index (χ4v) is 6.81. The van der Waals surface area contributed by atoms with E-state index in [4.69, 9.17) is 27.5 Å². The zero-order valence-corrected chi connectivity index (χ0v) is 33.4. The number of aromatic nitrogens is 2. The molecule has 1 aliphatic rings. The topological polar surface area (TPSA) is 161 Å². The van der Waals surface area contributed by atoms with E-state index in [-0.39, 0.29) is 39.5 Å². The maximum absolute atomic E-state index is 14.4. The van der Waals surface area contributed by atoms with Crippen LogP contribution in [0.1, 0.15) is 11.6 Å². The van der Waals surface area contributed by atoms with Crippen molar-refractivity contribution in [1.29, 1.82) is 0 Å². The van der Waals surface area contributed by atoms with Crippen molar-refractivity contribution in [2.24, 2.45) is 7.05 Å². The maximum atomic E-state index is 14.4. The number of carbonyl (C=O) groups excluding carboxylic acids is 2. The van der Waals surface area contributed by atoms with E-state index in [9.17, 15) is 27.9 Å². The van der Waals surface area contributed by atoms with Gasteiger partial charge in [-0.2, -0.15) is 0 Å². The van der Waals surface area contributed by atoms with Gasteiger partial charge in [0.05, 0.1) is 28.4 Å². The van der Waals surface area contributed by atoms with Gasteiger partial charge in [-0.15, -0.1) is 6.42 Å². The second-order valence-corrected chi connectivity index (χ2v) is 13.9. The van der Waals surface area contributed by atoms with Crippen LogP contribution in [0, 0.1) is 107 Å². The summed E-state index contributed by atoms with van der Waals surface area (Å²) in [6, 6.07) is 14.5. The van der Waals surface area contributed by atoms with Crippen LogP contribution in [0.3, 0.4) is 0 Å². The van der Waals surface area contributed by atoms with Crippen LogP contribution in [0.25, 0.3) is 0 Å². The Hall–Kier alpha value is -8.91. The number of nitrogens with zero attached hydrogens (tertiary/aromatic N) is 3. The lowest BCUT2D eigenvalue weighted by atomic mass is 10.1. The number of carbonyl (C=O) groups is 2. The third kappa shape index (κ3) is 10.7. The molecule has 1 aromatic heterocycles. The Morgan fingerprint density at radius 3 is 2.03 bits per heavy atom. The molecule has 296 valence electrons. The first-order valence-electron chi connectivity index (χ1n) is 17.3. The molecule has 2 amide bonds. The van der Waals surface area contributed by atoms with Crippen LogP contribution in [0.15, 0.2) is 76.4 Å². The molecule has 61 heavy (non-hydrogen) atoms. The summed E-state index contributed by atoms with van der Waals surface area (Å²) < 4.78 is 41.8. The van der Waals surface area contributed by atoms with Crippen molar-refractivity contribution >= 4 is 50.5 Å². The van der Waals surface area contributed by atoms with Crippen LogP contribution >= 0.6 is 11.6 Å². The first kappa shape index (κ1) is 43.2. The number of methoxy groups -OCH3 is 1. The van der Waals surface area contributed by atoms with Crippen molar-refractivity contribution in [3.05, 3.63) is 87.8 Å². The number of hydrogen-bond acceptors (Lipinski definition) is 8. The number of imidazole rings is 1.